The van der Waals surface area contributed by atoms with Gasteiger partial charge in [0.1, 0.15) is 5.75 Å². The molecule has 1 aromatic carbocycles. The SMILES string of the molecule is COc1ccc2c(c1)[C@](C)(CCN(C)C)CCC2. The summed E-state index contributed by atoms with van der Waals surface area (Å²) in [6, 6.07) is 6.60. The Balaban J connectivity index is 2.29. The fourth-order valence-electron chi connectivity index (χ4n) is 3.00. The first-order valence-electron chi connectivity index (χ1n) is 6.87. The normalized spacial score (nSPS) is 22.9. The summed E-state index contributed by atoms with van der Waals surface area (Å²) in [5, 5.41) is 0. The molecule has 0 aromatic heterocycles. The molecule has 0 saturated heterocycles. The van der Waals surface area contributed by atoms with E-state index in [1.807, 2.05) is 0 Å². The zero-order valence-corrected chi connectivity index (χ0v) is 12.1. The number of nitrogens with zero attached hydrogens (tertiary/aromatic N) is 1. The highest BCUT2D eigenvalue weighted by Crippen LogP contribution is 2.41. The first-order valence-corrected chi connectivity index (χ1v) is 6.87. The van der Waals surface area contributed by atoms with Crippen LogP contribution in [-0.4, -0.2) is 32.6 Å². The van der Waals surface area contributed by atoms with E-state index in [9.17, 15) is 0 Å². The molecule has 0 fully saturated rings. The third-order valence-corrected chi connectivity index (χ3v) is 4.25. The molecule has 0 N–H and O–H groups in total. The molecule has 18 heavy (non-hydrogen) atoms. The number of hydrogen-bond donors (Lipinski definition) is 0. The molecular weight excluding hydrogens is 222 g/mol. The quantitative estimate of drug-likeness (QED) is 0.810. The first kappa shape index (κ1) is 13.4. The Bertz CT molecular complexity index is 414. The molecule has 1 aliphatic carbocycles. The molecular formula is C16H25NO. The lowest BCUT2D eigenvalue weighted by Crippen LogP contribution is -2.31. The van der Waals surface area contributed by atoms with Crippen molar-refractivity contribution >= 4 is 0 Å². The van der Waals surface area contributed by atoms with E-state index in [2.05, 4.69) is 44.1 Å². The van der Waals surface area contributed by atoms with Crippen LogP contribution in [0.1, 0.15) is 37.3 Å². The third kappa shape index (κ3) is 2.69. The summed E-state index contributed by atoms with van der Waals surface area (Å²) in [5.41, 5.74) is 3.34. The van der Waals surface area contributed by atoms with Crippen LogP contribution in [0.15, 0.2) is 18.2 Å². The molecule has 0 bridgehead atoms. The van der Waals surface area contributed by atoms with Crippen molar-refractivity contribution in [2.24, 2.45) is 0 Å². The molecule has 0 saturated carbocycles. The highest BCUT2D eigenvalue weighted by atomic mass is 16.5. The highest BCUT2D eigenvalue weighted by molar-refractivity contribution is 5.42. The number of fused-ring (bicyclic) bond motifs is 1. The molecule has 2 heteroatoms. The summed E-state index contributed by atoms with van der Waals surface area (Å²) in [6.07, 6.45) is 5.04. The van der Waals surface area contributed by atoms with Crippen LogP contribution in [0.2, 0.25) is 0 Å². The lowest BCUT2D eigenvalue weighted by Gasteiger charge is -2.37. The Morgan fingerprint density at radius 1 is 1.33 bits per heavy atom. The smallest absolute Gasteiger partial charge is 0.119 e. The standard InChI is InChI=1S/C16H25NO/c1-16(10-11-17(2)3)9-5-6-13-7-8-14(18-4)12-15(13)16/h7-8,12H,5-6,9-11H2,1-4H3/t16-/m0/s1. The van der Waals surface area contributed by atoms with Crippen LogP contribution in [0.5, 0.6) is 5.75 Å². The summed E-state index contributed by atoms with van der Waals surface area (Å²) in [7, 11) is 6.05. The second-order valence-electron chi connectivity index (χ2n) is 5.99. The Morgan fingerprint density at radius 3 is 2.78 bits per heavy atom. The zero-order chi connectivity index (χ0) is 13.2. The van der Waals surface area contributed by atoms with Crippen molar-refractivity contribution < 1.29 is 4.74 Å². The van der Waals surface area contributed by atoms with Crippen LogP contribution in [0, 0.1) is 0 Å². The van der Waals surface area contributed by atoms with Gasteiger partial charge in [0.05, 0.1) is 7.11 Å². The molecule has 0 radical (unpaired) electrons. The van der Waals surface area contributed by atoms with Crippen LogP contribution in [0.3, 0.4) is 0 Å². The molecule has 0 aliphatic heterocycles. The van der Waals surface area contributed by atoms with E-state index in [1.165, 1.54) is 36.8 Å². The molecule has 0 amide bonds. The van der Waals surface area contributed by atoms with E-state index in [0.29, 0.717) is 5.41 Å². The van der Waals surface area contributed by atoms with Gasteiger partial charge >= 0.3 is 0 Å². The van der Waals surface area contributed by atoms with Gasteiger partial charge < -0.3 is 9.64 Å². The molecule has 2 rings (SSSR count). The van der Waals surface area contributed by atoms with E-state index >= 15 is 0 Å². The van der Waals surface area contributed by atoms with Crippen LogP contribution in [-0.2, 0) is 11.8 Å². The minimum atomic E-state index is 0.312. The number of hydrogen-bond acceptors (Lipinski definition) is 2. The molecule has 2 nitrogen and oxygen atoms in total. The monoisotopic (exact) mass is 247 g/mol. The summed E-state index contributed by atoms with van der Waals surface area (Å²) >= 11 is 0. The maximum Gasteiger partial charge on any atom is 0.119 e. The lowest BCUT2D eigenvalue weighted by molar-refractivity contribution is 0.299. The topological polar surface area (TPSA) is 12.5 Å². The van der Waals surface area contributed by atoms with Crippen LogP contribution < -0.4 is 4.74 Å². The number of aryl methyl sites for hydroxylation is 1. The Kier molecular flexibility index (Phi) is 3.96. The third-order valence-electron chi connectivity index (χ3n) is 4.25. The van der Waals surface area contributed by atoms with Gasteiger partial charge in [-0.25, -0.2) is 0 Å². The molecule has 0 heterocycles. The lowest BCUT2D eigenvalue weighted by atomic mass is 9.69. The van der Waals surface area contributed by atoms with Crippen molar-refractivity contribution in [3.63, 3.8) is 0 Å². The predicted molar refractivity (Wildman–Crippen MR) is 76.5 cm³/mol. The maximum absolute atomic E-state index is 5.39. The van der Waals surface area contributed by atoms with E-state index < -0.39 is 0 Å². The van der Waals surface area contributed by atoms with Gasteiger partial charge in [0, 0.05) is 0 Å². The van der Waals surface area contributed by atoms with Gasteiger partial charge in [0.25, 0.3) is 0 Å². The molecule has 1 aromatic rings. The second kappa shape index (κ2) is 5.31. The molecule has 0 spiro atoms. The molecule has 0 unspecified atom stereocenters. The van der Waals surface area contributed by atoms with Crippen LogP contribution in [0.4, 0.5) is 0 Å². The van der Waals surface area contributed by atoms with Crippen molar-refractivity contribution in [1.29, 1.82) is 0 Å². The average molecular weight is 247 g/mol. The van der Waals surface area contributed by atoms with Crippen molar-refractivity contribution in [3.8, 4) is 5.75 Å². The average Bonchev–Trinajstić information content (AvgIpc) is 2.37. The highest BCUT2D eigenvalue weighted by Gasteiger charge is 2.32. The van der Waals surface area contributed by atoms with E-state index in [0.717, 1.165) is 12.3 Å². The van der Waals surface area contributed by atoms with Crippen molar-refractivity contribution in [1.82, 2.24) is 4.90 Å². The number of ether oxygens (including phenoxy) is 1. The first-order chi connectivity index (χ1) is 8.55. The summed E-state index contributed by atoms with van der Waals surface area (Å²) in [6.45, 7) is 3.56. The number of rotatable bonds is 4. The van der Waals surface area contributed by atoms with Crippen LogP contribution in [0.25, 0.3) is 0 Å². The van der Waals surface area contributed by atoms with Crippen LogP contribution >= 0.6 is 0 Å². The van der Waals surface area contributed by atoms with Crippen molar-refractivity contribution in [2.75, 3.05) is 27.7 Å². The summed E-state index contributed by atoms with van der Waals surface area (Å²) < 4.78 is 5.39. The van der Waals surface area contributed by atoms with Crippen molar-refractivity contribution in [3.05, 3.63) is 29.3 Å². The van der Waals surface area contributed by atoms with E-state index in [1.54, 1.807) is 7.11 Å². The summed E-state index contributed by atoms with van der Waals surface area (Å²) in [5.74, 6) is 0.992. The number of methoxy groups -OCH3 is 1. The van der Waals surface area contributed by atoms with Gasteiger partial charge in [-0.3, -0.25) is 0 Å². The second-order valence-corrected chi connectivity index (χ2v) is 5.99. The fourth-order valence-corrected chi connectivity index (χ4v) is 3.00. The van der Waals surface area contributed by atoms with Crippen molar-refractivity contribution in [2.45, 2.75) is 38.0 Å². The minimum Gasteiger partial charge on any atom is -0.497 e. The maximum atomic E-state index is 5.39. The van der Waals surface area contributed by atoms with Gasteiger partial charge in [-0.2, -0.15) is 0 Å². The molecule has 1 aliphatic rings. The van der Waals surface area contributed by atoms with E-state index in [-0.39, 0.29) is 0 Å². The Labute approximate surface area is 111 Å². The molecule has 1 atom stereocenters. The minimum absolute atomic E-state index is 0.312. The number of benzene rings is 1. The van der Waals surface area contributed by atoms with Gasteiger partial charge in [-0.15, -0.1) is 0 Å². The predicted octanol–water partition coefficient (Wildman–Crippen LogP) is 3.24. The Morgan fingerprint density at radius 2 is 2.11 bits per heavy atom. The largest absolute Gasteiger partial charge is 0.497 e. The zero-order valence-electron chi connectivity index (χ0n) is 12.1. The summed E-state index contributed by atoms with van der Waals surface area (Å²) in [4.78, 5) is 2.28. The van der Waals surface area contributed by atoms with Gasteiger partial charge in [-0.1, -0.05) is 13.0 Å². The fraction of sp³-hybridized carbons (Fsp3) is 0.625. The Hall–Kier alpha value is -1.02. The van der Waals surface area contributed by atoms with Gasteiger partial charge in [-0.05, 0) is 75.0 Å². The van der Waals surface area contributed by atoms with Gasteiger partial charge in [0.15, 0.2) is 0 Å². The molecule has 100 valence electrons. The van der Waals surface area contributed by atoms with Gasteiger partial charge in [0.2, 0.25) is 0 Å². The van der Waals surface area contributed by atoms with E-state index in [4.69, 9.17) is 4.74 Å².